The van der Waals surface area contributed by atoms with Crippen LogP contribution in [0.5, 0.6) is 0 Å². The SMILES string of the molecule is CC(C)(C)N1CCC(CCN)CC1(C)C. The van der Waals surface area contributed by atoms with Crippen LogP contribution in [0.1, 0.15) is 53.9 Å². The summed E-state index contributed by atoms with van der Waals surface area (Å²) in [6.45, 7) is 13.8. The van der Waals surface area contributed by atoms with Gasteiger partial charge in [0.15, 0.2) is 0 Å². The average Bonchev–Trinajstić information content (AvgIpc) is 1.99. The molecule has 0 saturated carbocycles. The second kappa shape index (κ2) is 4.42. The van der Waals surface area contributed by atoms with Crippen LogP contribution in [-0.2, 0) is 0 Å². The molecule has 0 aromatic rings. The Kier molecular flexibility index (Phi) is 3.83. The molecule has 0 aliphatic carbocycles. The molecule has 2 nitrogen and oxygen atoms in total. The van der Waals surface area contributed by atoms with Crippen LogP contribution in [0, 0.1) is 5.92 Å². The predicted octanol–water partition coefficient (Wildman–Crippen LogP) is 2.62. The zero-order valence-electron chi connectivity index (χ0n) is 11.1. The second-order valence-electron chi connectivity index (χ2n) is 6.57. The fourth-order valence-electron chi connectivity index (χ4n) is 3.26. The first-order valence-corrected chi connectivity index (χ1v) is 6.25. The van der Waals surface area contributed by atoms with Crippen molar-refractivity contribution >= 4 is 0 Å². The van der Waals surface area contributed by atoms with Crippen LogP contribution in [0.15, 0.2) is 0 Å². The first-order valence-electron chi connectivity index (χ1n) is 6.25. The van der Waals surface area contributed by atoms with E-state index in [1.807, 2.05) is 0 Å². The van der Waals surface area contributed by atoms with Gasteiger partial charge in [0, 0.05) is 11.1 Å². The van der Waals surface area contributed by atoms with Crippen molar-refractivity contribution in [2.75, 3.05) is 13.1 Å². The third-order valence-corrected chi connectivity index (χ3v) is 3.66. The van der Waals surface area contributed by atoms with Gasteiger partial charge in [0.1, 0.15) is 0 Å². The van der Waals surface area contributed by atoms with Crippen molar-refractivity contribution in [3.05, 3.63) is 0 Å². The molecule has 90 valence electrons. The summed E-state index contributed by atoms with van der Waals surface area (Å²) in [5, 5.41) is 0. The quantitative estimate of drug-likeness (QED) is 0.762. The van der Waals surface area contributed by atoms with Crippen molar-refractivity contribution in [1.29, 1.82) is 0 Å². The number of hydrogen-bond acceptors (Lipinski definition) is 2. The third kappa shape index (κ3) is 3.18. The van der Waals surface area contributed by atoms with E-state index in [9.17, 15) is 0 Å². The fraction of sp³-hybridized carbons (Fsp3) is 1.00. The highest BCUT2D eigenvalue weighted by Gasteiger charge is 2.39. The van der Waals surface area contributed by atoms with Crippen LogP contribution >= 0.6 is 0 Å². The zero-order valence-corrected chi connectivity index (χ0v) is 11.1. The van der Waals surface area contributed by atoms with Gasteiger partial charge in [-0.25, -0.2) is 0 Å². The lowest BCUT2D eigenvalue weighted by atomic mass is 9.78. The minimum absolute atomic E-state index is 0.289. The van der Waals surface area contributed by atoms with E-state index in [4.69, 9.17) is 5.73 Å². The molecule has 0 spiro atoms. The number of nitrogens with two attached hydrogens (primary N) is 1. The van der Waals surface area contributed by atoms with Gasteiger partial charge in [0.25, 0.3) is 0 Å². The van der Waals surface area contributed by atoms with E-state index in [1.165, 1.54) is 25.8 Å². The number of nitrogens with zero attached hydrogens (tertiary/aromatic N) is 1. The Morgan fingerprint density at radius 1 is 1.33 bits per heavy atom. The van der Waals surface area contributed by atoms with Crippen molar-refractivity contribution in [3.63, 3.8) is 0 Å². The van der Waals surface area contributed by atoms with Gasteiger partial charge in [-0.05, 0) is 72.9 Å². The zero-order chi connectivity index (χ0) is 11.7. The Morgan fingerprint density at radius 2 is 1.93 bits per heavy atom. The van der Waals surface area contributed by atoms with Crippen LogP contribution in [0.2, 0.25) is 0 Å². The highest BCUT2D eigenvalue weighted by atomic mass is 15.2. The van der Waals surface area contributed by atoms with Gasteiger partial charge in [-0.3, -0.25) is 4.90 Å². The number of piperidine rings is 1. The van der Waals surface area contributed by atoms with Crippen molar-refractivity contribution in [3.8, 4) is 0 Å². The number of hydrogen-bond donors (Lipinski definition) is 1. The molecule has 1 unspecified atom stereocenters. The van der Waals surface area contributed by atoms with Gasteiger partial charge in [-0.1, -0.05) is 0 Å². The lowest BCUT2D eigenvalue weighted by Crippen LogP contribution is -2.58. The van der Waals surface area contributed by atoms with Crippen LogP contribution < -0.4 is 5.73 Å². The van der Waals surface area contributed by atoms with Crippen LogP contribution in [0.25, 0.3) is 0 Å². The smallest absolute Gasteiger partial charge is 0.0161 e. The van der Waals surface area contributed by atoms with E-state index in [0.29, 0.717) is 5.54 Å². The standard InChI is InChI=1S/C13H28N2/c1-12(2,3)15-9-7-11(6-8-14)10-13(15,4)5/h11H,6-10,14H2,1-5H3. The summed E-state index contributed by atoms with van der Waals surface area (Å²) < 4.78 is 0. The summed E-state index contributed by atoms with van der Waals surface area (Å²) in [5.74, 6) is 0.837. The maximum atomic E-state index is 5.65. The molecule has 1 saturated heterocycles. The first-order chi connectivity index (χ1) is 6.77. The van der Waals surface area contributed by atoms with E-state index in [1.54, 1.807) is 0 Å². The van der Waals surface area contributed by atoms with E-state index in [0.717, 1.165) is 12.5 Å². The summed E-state index contributed by atoms with van der Waals surface area (Å²) in [4.78, 5) is 2.65. The summed E-state index contributed by atoms with van der Waals surface area (Å²) in [6.07, 6.45) is 3.81. The van der Waals surface area contributed by atoms with Crippen molar-refractivity contribution in [2.45, 2.75) is 65.0 Å². The van der Waals surface area contributed by atoms with E-state index < -0.39 is 0 Å². The van der Waals surface area contributed by atoms with Crippen LogP contribution in [-0.4, -0.2) is 29.1 Å². The molecule has 1 atom stereocenters. The van der Waals surface area contributed by atoms with Crippen LogP contribution in [0.4, 0.5) is 0 Å². The van der Waals surface area contributed by atoms with Crippen LogP contribution in [0.3, 0.4) is 0 Å². The molecular weight excluding hydrogens is 184 g/mol. The second-order valence-corrected chi connectivity index (χ2v) is 6.57. The van der Waals surface area contributed by atoms with Gasteiger partial charge < -0.3 is 5.73 Å². The maximum Gasteiger partial charge on any atom is 0.0161 e. The average molecular weight is 212 g/mol. The molecule has 0 amide bonds. The summed E-state index contributed by atoms with van der Waals surface area (Å²) in [6, 6.07) is 0. The summed E-state index contributed by atoms with van der Waals surface area (Å²) in [5.41, 5.74) is 6.27. The molecule has 2 heteroatoms. The Hall–Kier alpha value is -0.0800. The predicted molar refractivity (Wildman–Crippen MR) is 66.9 cm³/mol. The van der Waals surface area contributed by atoms with E-state index >= 15 is 0 Å². The normalized spacial score (nSPS) is 28.0. The van der Waals surface area contributed by atoms with E-state index in [-0.39, 0.29) is 5.54 Å². The van der Waals surface area contributed by atoms with Crippen molar-refractivity contribution in [2.24, 2.45) is 11.7 Å². The van der Waals surface area contributed by atoms with Gasteiger partial charge >= 0.3 is 0 Å². The number of rotatable bonds is 2. The van der Waals surface area contributed by atoms with Crippen molar-refractivity contribution < 1.29 is 0 Å². The summed E-state index contributed by atoms with van der Waals surface area (Å²) >= 11 is 0. The molecular formula is C13H28N2. The molecule has 2 N–H and O–H groups in total. The fourth-order valence-corrected chi connectivity index (χ4v) is 3.26. The first kappa shape index (κ1) is 13.0. The highest BCUT2D eigenvalue weighted by Crippen LogP contribution is 2.37. The molecule has 1 fully saturated rings. The molecule has 1 rings (SSSR count). The Balaban J connectivity index is 2.66. The Morgan fingerprint density at radius 3 is 2.33 bits per heavy atom. The minimum Gasteiger partial charge on any atom is -0.330 e. The molecule has 1 heterocycles. The Labute approximate surface area is 95.2 Å². The lowest BCUT2D eigenvalue weighted by Gasteiger charge is -2.52. The lowest BCUT2D eigenvalue weighted by molar-refractivity contribution is -0.0235. The van der Waals surface area contributed by atoms with Crippen molar-refractivity contribution in [1.82, 2.24) is 4.90 Å². The molecule has 1 aliphatic heterocycles. The van der Waals surface area contributed by atoms with Gasteiger partial charge in [0.2, 0.25) is 0 Å². The number of likely N-dealkylation sites (tertiary alicyclic amines) is 1. The maximum absolute atomic E-state index is 5.65. The third-order valence-electron chi connectivity index (χ3n) is 3.66. The molecule has 0 radical (unpaired) electrons. The molecule has 15 heavy (non-hydrogen) atoms. The van der Waals surface area contributed by atoms with Gasteiger partial charge in [-0.2, -0.15) is 0 Å². The van der Waals surface area contributed by atoms with Gasteiger partial charge in [0.05, 0.1) is 0 Å². The monoisotopic (exact) mass is 212 g/mol. The van der Waals surface area contributed by atoms with E-state index in [2.05, 4.69) is 39.5 Å². The molecule has 0 bridgehead atoms. The Bertz CT molecular complexity index is 203. The molecule has 1 aliphatic rings. The largest absolute Gasteiger partial charge is 0.330 e. The van der Waals surface area contributed by atoms with Gasteiger partial charge in [-0.15, -0.1) is 0 Å². The summed E-state index contributed by atoms with van der Waals surface area (Å²) in [7, 11) is 0. The molecule has 0 aromatic heterocycles. The highest BCUT2D eigenvalue weighted by molar-refractivity contribution is 4.95. The minimum atomic E-state index is 0.289. The molecule has 0 aromatic carbocycles. The topological polar surface area (TPSA) is 29.3 Å².